The van der Waals surface area contributed by atoms with E-state index < -0.39 is 0 Å². The van der Waals surface area contributed by atoms with Gasteiger partial charge in [-0.25, -0.2) is 4.98 Å². The molecule has 0 spiro atoms. The molecule has 0 aliphatic carbocycles. The molecule has 1 heterocycles. The first-order chi connectivity index (χ1) is 12.1. The number of para-hydroxylation sites is 1. The van der Waals surface area contributed by atoms with Gasteiger partial charge in [-0.3, -0.25) is 0 Å². The number of hydrogen-bond acceptors (Lipinski definition) is 3. The van der Waals surface area contributed by atoms with Gasteiger partial charge >= 0.3 is 0 Å². The van der Waals surface area contributed by atoms with Crippen LogP contribution in [0.15, 0.2) is 42.5 Å². The van der Waals surface area contributed by atoms with Gasteiger partial charge in [0, 0.05) is 11.6 Å². The van der Waals surface area contributed by atoms with Crippen molar-refractivity contribution in [1.29, 1.82) is 0 Å². The quantitative estimate of drug-likeness (QED) is 0.574. The summed E-state index contributed by atoms with van der Waals surface area (Å²) in [4.78, 5) is 4.83. The van der Waals surface area contributed by atoms with Crippen LogP contribution in [0.25, 0.3) is 11.0 Å². The highest BCUT2D eigenvalue weighted by atomic mass is 35.5. The van der Waals surface area contributed by atoms with Gasteiger partial charge in [-0.05, 0) is 61.7 Å². The zero-order valence-corrected chi connectivity index (χ0v) is 18.4. The van der Waals surface area contributed by atoms with Crippen molar-refractivity contribution in [3.63, 3.8) is 0 Å². The molecule has 4 N–H and O–H groups in total. The molecular formula is C20H28Cl3N3O2. The monoisotopic (exact) mass is 447 g/mol. The van der Waals surface area contributed by atoms with Crippen LogP contribution in [0.5, 0.6) is 5.75 Å². The molecule has 1 atom stereocenters. The third-order valence-corrected chi connectivity index (χ3v) is 4.74. The van der Waals surface area contributed by atoms with Crippen LogP contribution in [0.2, 0.25) is 5.02 Å². The molecule has 1 unspecified atom stereocenters. The minimum atomic E-state index is 0. The first-order valence-electron chi connectivity index (χ1n) is 8.61. The predicted molar refractivity (Wildman–Crippen MR) is 121 cm³/mol. The Bertz CT molecular complexity index is 854. The number of aromatic nitrogens is 2. The third kappa shape index (κ3) is 6.26. The van der Waals surface area contributed by atoms with Crippen LogP contribution in [0, 0.1) is 12.8 Å². The third-order valence-electron chi connectivity index (χ3n) is 4.49. The molecule has 3 rings (SSSR count). The molecule has 0 fully saturated rings. The maximum Gasteiger partial charge on any atom is 0.148 e. The Morgan fingerprint density at radius 1 is 1.14 bits per heavy atom. The number of imidazole rings is 1. The second-order valence-electron chi connectivity index (χ2n) is 6.49. The predicted octanol–water partition coefficient (Wildman–Crippen LogP) is 4.58. The summed E-state index contributed by atoms with van der Waals surface area (Å²) >= 11 is 5.93. The van der Waals surface area contributed by atoms with Crippen molar-refractivity contribution in [2.45, 2.75) is 33.4 Å². The molecule has 0 saturated carbocycles. The minimum Gasteiger partial charge on any atom is -0.486 e. The van der Waals surface area contributed by atoms with Gasteiger partial charge in [0.15, 0.2) is 0 Å². The average molecular weight is 449 g/mol. The molecule has 0 radical (unpaired) electrons. The van der Waals surface area contributed by atoms with E-state index in [0.717, 1.165) is 35.6 Å². The second kappa shape index (κ2) is 12.1. The summed E-state index contributed by atoms with van der Waals surface area (Å²) in [6.45, 7) is 6.27. The molecule has 0 saturated heterocycles. The van der Waals surface area contributed by atoms with Crippen LogP contribution >= 0.6 is 36.4 Å². The molecule has 8 heteroatoms. The lowest BCUT2D eigenvalue weighted by molar-refractivity contribution is 0.288. The summed E-state index contributed by atoms with van der Waals surface area (Å²) < 4.78 is 8.18. The normalized spacial score (nSPS) is 11.1. The van der Waals surface area contributed by atoms with E-state index in [-0.39, 0.29) is 30.3 Å². The van der Waals surface area contributed by atoms with Crippen LogP contribution in [0.4, 0.5) is 0 Å². The fourth-order valence-corrected chi connectivity index (χ4v) is 2.97. The fraction of sp³-hybridized carbons (Fsp3) is 0.350. The van der Waals surface area contributed by atoms with Gasteiger partial charge in [-0.2, -0.15) is 0 Å². The lowest BCUT2D eigenvalue weighted by Gasteiger charge is -2.13. The molecular weight excluding hydrogens is 421 g/mol. The summed E-state index contributed by atoms with van der Waals surface area (Å²) in [5, 5.41) is 0.700. The van der Waals surface area contributed by atoms with Crippen LogP contribution in [0.1, 0.15) is 24.7 Å². The number of benzene rings is 2. The number of rotatable bonds is 7. The van der Waals surface area contributed by atoms with E-state index in [1.54, 1.807) is 0 Å². The number of ether oxygens (including phenoxy) is 1. The fourth-order valence-electron chi connectivity index (χ4n) is 2.84. The number of fused-ring (bicyclic) bond motifs is 1. The maximum absolute atomic E-state index is 5.93. The lowest BCUT2D eigenvalue weighted by atomic mass is 10.1. The standard InChI is InChI=1S/C20H24ClN3O.2ClH.H2O/c1-14(12-22)10-11-24-18-5-3-4-15(2)20(18)23-19(24)13-25-17-8-6-16(21)7-9-17;;;/h3-9,14H,10-13,22H2,1-2H3;2*1H;1H2. The molecule has 0 amide bonds. The lowest BCUT2D eigenvalue weighted by Crippen LogP contribution is -2.15. The van der Waals surface area contributed by atoms with E-state index in [1.807, 2.05) is 24.3 Å². The van der Waals surface area contributed by atoms with Gasteiger partial charge in [0.2, 0.25) is 0 Å². The molecule has 28 heavy (non-hydrogen) atoms. The number of hydrogen-bond donors (Lipinski definition) is 1. The number of halogens is 3. The summed E-state index contributed by atoms with van der Waals surface area (Å²) in [5.74, 6) is 2.20. The van der Waals surface area contributed by atoms with E-state index in [1.165, 1.54) is 5.56 Å². The van der Waals surface area contributed by atoms with Crippen LogP contribution in [-0.4, -0.2) is 21.6 Å². The Morgan fingerprint density at radius 2 is 1.82 bits per heavy atom. The Kier molecular flexibility index (Phi) is 11.5. The Morgan fingerprint density at radius 3 is 2.46 bits per heavy atom. The molecule has 0 aliphatic rings. The van der Waals surface area contributed by atoms with Crippen molar-refractivity contribution < 1.29 is 10.2 Å². The number of nitrogens with zero attached hydrogens (tertiary/aromatic N) is 2. The molecule has 0 bridgehead atoms. The van der Waals surface area contributed by atoms with Gasteiger partial charge in [0.1, 0.15) is 18.2 Å². The Balaban J connectivity index is 0.00000243. The number of aryl methyl sites for hydroxylation is 2. The molecule has 2 aromatic carbocycles. The zero-order valence-electron chi connectivity index (χ0n) is 16.0. The van der Waals surface area contributed by atoms with Gasteiger partial charge in [-0.15, -0.1) is 24.8 Å². The van der Waals surface area contributed by atoms with E-state index >= 15 is 0 Å². The van der Waals surface area contributed by atoms with Gasteiger partial charge in [0.05, 0.1) is 11.0 Å². The van der Waals surface area contributed by atoms with Crippen molar-refractivity contribution in [2.24, 2.45) is 11.7 Å². The van der Waals surface area contributed by atoms with Gasteiger partial charge < -0.3 is 20.5 Å². The van der Waals surface area contributed by atoms with Crippen LogP contribution in [-0.2, 0) is 13.2 Å². The van der Waals surface area contributed by atoms with Crippen molar-refractivity contribution in [2.75, 3.05) is 6.54 Å². The van der Waals surface area contributed by atoms with Crippen molar-refractivity contribution >= 4 is 47.4 Å². The molecule has 5 nitrogen and oxygen atoms in total. The highest BCUT2D eigenvalue weighted by molar-refractivity contribution is 6.30. The molecule has 3 aromatic rings. The summed E-state index contributed by atoms with van der Waals surface area (Å²) in [6.07, 6.45) is 1.02. The topological polar surface area (TPSA) is 84.6 Å². The highest BCUT2D eigenvalue weighted by Crippen LogP contribution is 2.23. The summed E-state index contributed by atoms with van der Waals surface area (Å²) in [7, 11) is 0. The average Bonchev–Trinajstić information content (AvgIpc) is 2.98. The van der Waals surface area contributed by atoms with Crippen molar-refractivity contribution in [3.8, 4) is 5.75 Å². The largest absolute Gasteiger partial charge is 0.486 e. The van der Waals surface area contributed by atoms with E-state index in [4.69, 9.17) is 27.1 Å². The van der Waals surface area contributed by atoms with Crippen molar-refractivity contribution in [3.05, 3.63) is 58.9 Å². The SMILES string of the molecule is Cc1cccc2c1nc(COc1ccc(Cl)cc1)n2CCC(C)CN.Cl.Cl.O. The van der Waals surface area contributed by atoms with Gasteiger partial charge in [-0.1, -0.05) is 30.7 Å². The van der Waals surface area contributed by atoms with E-state index in [2.05, 4.69) is 36.6 Å². The first-order valence-corrected chi connectivity index (χ1v) is 8.99. The van der Waals surface area contributed by atoms with Crippen molar-refractivity contribution in [1.82, 2.24) is 9.55 Å². The Hall–Kier alpha value is -1.50. The molecule has 0 aliphatic heterocycles. The number of nitrogens with two attached hydrogens (primary N) is 1. The smallest absolute Gasteiger partial charge is 0.148 e. The minimum absolute atomic E-state index is 0. The van der Waals surface area contributed by atoms with Crippen LogP contribution < -0.4 is 10.5 Å². The molecule has 156 valence electrons. The Labute approximate surface area is 183 Å². The second-order valence-corrected chi connectivity index (χ2v) is 6.93. The van der Waals surface area contributed by atoms with E-state index in [0.29, 0.717) is 24.1 Å². The van der Waals surface area contributed by atoms with Gasteiger partial charge in [0.25, 0.3) is 0 Å². The highest BCUT2D eigenvalue weighted by Gasteiger charge is 2.13. The maximum atomic E-state index is 5.93. The summed E-state index contributed by atoms with van der Waals surface area (Å²) in [6, 6.07) is 13.7. The zero-order chi connectivity index (χ0) is 17.8. The summed E-state index contributed by atoms with van der Waals surface area (Å²) in [5.41, 5.74) is 9.14. The molecule has 1 aromatic heterocycles. The first kappa shape index (κ1) is 26.5. The van der Waals surface area contributed by atoms with E-state index in [9.17, 15) is 0 Å². The van der Waals surface area contributed by atoms with Crippen LogP contribution in [0.3, 0.4) is 0 Å².